The van der Waals surface area contributed by atoms with Crippen LogP contribution in [0.15, 0.2) is 36.4 Å². The summed E-state index contributed by atoms with van der Waals surface area (Å²) in [5.74, 6) is 0.192. The first-order valence-electron chi connectivity index (χ1n) is 6.05. The molecular weight excluding hydrogens is 269 g/mol. The summed E-state index contributed by atoms with van der Waals surface area (Å²) in [6.07, 6.45) is -4.53. The summed E-state index contributed by atoms with van der Waals surface area (Å²) in [5.41, 5.74) is -0.998. The number of rotatable bonds is 3. The fourth-order valence-electron chi connectivity index (χ4n) is 1.51. The molecule has 0 aliphatic carbocycles. The van der Waals surface area contributed by atoms with Crippen molar-refractivity contribution in [2.45, 2.75) is 25.9 Å². The fraction of sp³-hybridized carbons (Fsp3) is 0.286. The van der Waals surface area contributed by atoms with Crippen molar-refractivity contribution >= 4 is 0 Å². The molecule has 0 spiro atoms. The molecule has 0 unspecified atom stereocenters. The van der Waals surface area contributed by atoms with Gasteiger partial charge in [0.15, 0.2) is 5.69 Å². The second kappa shape index (κ2) is 5.48. The molecule has 0 saturated heterocycles. The number of hydrogen-bond acceptors (Lipinski definition) is 3. The van der Waals surface area contributed by atoms with Crippen molar-refractivity contribution in [1.29, 1.82) is 0 Å². The van der Waals surface area contributed by atoms with E-state index in [0.717, 1.165) is 6.07 Å². The topological polar surface area (TPSA) is 35.0 Å². The number of para-hydroxylation sites is 1. The largest absolute Gasteiger partial charge is 0.439 e. The summed E-state index contributed by atoms with van der Waals surface area (Å²) < 4.78 is 43.8. The zero-order valence-electron chi connectivity index (χ0n) is 11.0. The van der Waals surface area contributed by atoms with Crippen LogP contribution in [0.4, 0.5) is 13.2 Å². The minimum absolute atomic E-state index is 0.103. The molecule has 106 valence electrons. The van der Waals surface area contributed by atoms with Gasteiger partial charge in [0.1, 0.15) is 11.6 Å². The molecule has 1 heterocycles. The lowest BCUT2D eigenvalue weighted by Gasteiger charge is -2.12. The molecule has 0 radical (unpaired) electrons. The lowest BCUT2D eigenvalue weighted by atomic mass is 10.2. The molecule has 20 heavy (non-hydrogen) atoms. The molecule has 6 heteroatoms. The minimum Gasteiger partial charge on any atom is -0.439 e. The van der Waals surface area contributed by atoms with Gasteiger partial charge in [0.25, 0.3) is 0 Å². The zero-order valence-corrected chi connectivity index (χ0v) is 11.0. The van der Waals surface area contributed by atoms with Gasteiger partial charge in [-0.15, -0.1) is 0 Å². The van der Waals surface area contributed by atoms with Crippen LogP contribution in [0.25, 0.3) is 0 Å². The molecule has 0 saturated carbocycles. The lowest BCUT2D eigenvalue weighted by Crippen LogP contribution is -2.12. The van der Waals surface area contributed by atoms with E-state index in [2.05, 4.69) is 9.97 Å². The van der Waals surface area contributed by atoms with Gasteiger partial charge in [0.05, 0.1) is 0 Å². The monoisotopic (exact) mass is 282 g/mol. The molecule has 0 N–H and O–H groups in total. The van der Waals surface area contributed by atoms with Gasteiger partial charge >= 0.3 is 6.18 Å². The zero-order chi connectivity index (χ0) is 14.8. The Morgan fingerprint density at radius 2 is 1.70 bits per heavy atom. The minimum atomic E-state index is -4.53. The Morgan fingerprint density at radius 3 is 2.25 bits per heavy atom. The first-order chi connectivity index (χ1) is 9.36. The maximum Gasteiger partial charge on any atom is 0.433 e. The molecule has 2 aromatic rings. The summed E-state index contributed by atoms with van der Waals surface area (Å²) in [4.78, 5) is 7.54. The summed E-state index contributed by atoms with van der Waals surface area (Å²) in [6, 6.07) is 9.33. The van der Waals surface area contributed by atoms with E-state index in [4.69, 9.17) is 4.74 Å². The van der Waals surface area contributed by atoms with E-state index >= 15 is 0 Å². The number of alkyl halides is 3. The quantitative estimate of drug-likeness (QED) is 0.836. The van der Waals surface area contributed by atoms with Gasteiger partial charge in [-0.2, -0.15) is 18.2 Å². The van der Waals surface area contributed by atoms with E-state index in [1.165, 1.54) is 0 Å². The van der Waals surface area contributed by atoms with Crippen LogP contribution in [-0.2, 0) is 6.18 Å². The van der Waals surface area contributed by atoms with E-state index in [9.17, 15) is 13.2 Å². The maximum absolute atomic E-state index is 12.8. The predicted molar refractivity (Wildman–Crippen MR) is 67.6 cm³/mol. The van der Waals surface area contributed by atoms with Crippen molar-refractivity contribution in [2.75, 3.05) is 0 Å². The molecule has 0 bridgehead atoms. The van der Waals surface area contributed by atoms with Crippen LogP contribution < -0.4 is 4.74 Å². The Bertz CT molecular complexity index is 583. The molecule has 2 rings (SSSR count). The van der Waals surface area contributed by atoms with Crippen molar-refractivity contribution in [3.05, 3.63) is 47.9 Å². The predicted octanol–water partition coefficient (Wildman–Crippen LogP) is 4.41. The van der Waals surface area contributed by atoms with E-state index in [-0.39, 0.29) is 17.6 Å². The number of halogens is 3. The highest BCUT2D eigenvalue weighted by molar-refractivity contribution is 5.28. The van der Waals surface area contributed by atoms with Gasteiger partial charge in [-0.1, -0.05) is 32.0 Å². The SMILES string of the molecule is CC(C)c1nc(Oc2ccccc2)cc(C(F)(F)F)n1. The van der Waals surface area contributed by atoms with Crippen LogP contribution in [0.1, 0.15) is 31.3 Å². The first-order valence-corrected chi connectivity index (χ1v) is 6.05. The van der Waals surface area contributed by atoms with E-state index < -0.39 is 11.9 Å². The molecular formula is C14H13F3N2O. The second-order valence-electron chi connectivity index (χ2n) is 4.52. The molecule has 3 nitrogen and oxygen atoms in total. The van der Waals surface area contributed by atoms with Gasteiger partial charge in [-0.25, -0.2) is 4.98 Å². The van der Waals surface area contributed by atoms with Crippen LogP contribution >= 0.6 is 0 Å². The Labute approximate surface area is 114 Å². The van der Waals surface area contributed by atoms with Gasteiger partial charge in [0, 0.05) is 12.0 Å². The third-order valence-electron chi connectivity index (χ3n) is 2.49. The van der Waals surface area contributed by atoms with Crippen LogP contribution in [0.3, 0.4) is 0 Å². The normalized spacial score (nSPS) is 11.7. The standard InChI is InChI=1S/C14H13F3N2O/c1-9(2)13-18-11(14(15,16)17)8-12(19-13)20-10-6-4-3-5-7-10/h3-9H,1-2H3. The summed E-state index contributed by atoms with van der Waals surface area (Å²) in [7, 11) is 0. The molecule has 0 atom stereocenters. The van der Waals surface area contributed by atoms with E-state index in [1.807, 2.05) is 0 Å². The Balaban J connectivity index is 2.40. The Hall–Kier alpha value is -2.11. The molecule has 0 amide bonds. The number of hydrogen-bond donors (Lipinski definition) is 0. The Morgan fingerprint density at radius 1 is 1.05 bits per heavy atom. The fourth-order valence-corrected chi connectivity index (χ4v) is 1.51. The first kappa shape index (κ1) is 14.3. The van der Waals surface area contributed by atoms with Gasteiger partial charge < -0.3 is 4.74 Å². The molecule has 0 aliphatic heterocycles. The maximum atomic E-state index is 12.8. The van der Waals surface area contributed by atoms with Crippen molar-refractivity contribution in [1.82, 2.24) is 9.97 Å². The molecule has 0 aliphatic rings. The van der Waals surface area contributed by atoms with Gasteiger partial charge in [0.2, 0.25) is 5.88 Å². The van der Waals surface area contributed by atoms with E-state index in [1.54, 1.807) is 44.2 Å². The highest BCUT2D eigenvalue weighted by Gasteiger charge is 2.34. The molecule has 0 fully saturated rings. The summed E-state index contributed by atoms with van der Waals surface area (Å²) in [6.45, 7) is 3.45. The summed E-state index contributed by atoms with van der Waals surface area (Å²) in [5, 5.41) is 0. The average molecular weight is 282 g/mol. The lowest BCUT2D eigenvalue weighted by molar-refractivity contribution is -0.141. The summed E-state index contributed by atoms with van der Waals surface area (Å²) >= 11 is 0. The van der Waals surface area contributed by atoms with Crippen molar-refractivity contribution < 1.29 is 17.9 Å². The van der Waals surface area contributed by atoms with Crippen molar-refractivity contribution in [2.24, 2.45) is 0 Å². The number of benzene rings is 1. The average Bonchev–Trinajstić information content (AvgIpc) is 2.38. The van der Waals surface area contributed by atoms with Gasteiger partial charge in [-0.05, 0) is 12.1 Å². The highest BCUT2D eigenvalue weighted by atomic mass is 19.4. The van der Waals surface area contributed by atoms with Crippen molar-refractivity contribution in [3.63, 3.8) is 0 Å². The molecule has 1 aromatic carbocycles. The number of nitrogens with zero attached hydrogens (tertiary/aromatic N) is 2. The molecule has 1 aromatic heterocycles. The van der Waals surface area contributed by atoms with Crippen LogP contribution in [0, 0.1) is 0 Å². The third-order valence-corrected chi connectivity index (χ3v) is 2.49. The smallest absolute Gasteiger partial charge is 0.433 e. The van der Waals surface area contributed by atoms with Crippen LogP contribution in [-0.4, -0.2) is 9.97 Å². The van der Waals surface area contributed by atoms with Crippen LogP contribution in [0.2, 0.25) is 0 Å². The Kier molecular flexibility index (Phi) is 3.92. The van der Waals surface area contributed by atoms with E-state index in [0.29, 0.717) is 5.75 Å². The number of ether oxygens (including phenoxy) is 1. The third kappa shape index (κ3) is 3.46. The van der Waals surface area contributed by atoms with Gasteiger partial charge in [-0.3, -0.25) is 0 Å². The van der Waals surface area contributed by atoms with Crippen molar-refractivity contribution in [3.8, 4) is 11.6 Å². The van der Waals surface area contributed by atoms with Crippen LogP contribution in [0.5, 0.6) is 11.6 Å². The highest BCUT2D eigenvalue weighted by Crippen LogP contribution is 2.31. The number of aromatic nitrogens is 2. The second-order valence-corrected chi connectivity index (χ2v) is 4.52.